The third kappa shape index (κ3) is 4.65. The third-order valence-electron chi connectivity index (χ3n) is 5.78. The number of fused-ring (bicyclic) bond motifs is 1. The molecule has 164 valence electrons. The Bertz CT molecular complexity index is 1080. The van der Waals surface area contributed by atoms with Crippen molar-refractivity contribution in [2.24, 2.45) is 7.05 Å². The van der Waals surface area contributed by atoms with Gasteiger partial charge in [0.15, 0.2) is 0 Å². The summed E-state index contributed by atoms with van der Waals surface area (Å²) in [7, 11) is 1.79. The Labute approximate surface area is 177 Å². The van der Waals surface area contributed by atoms with Gasteiger partial charge in [-0.2, -0.15) is 18.3 Å². The van der Waals surface area contributed by atoms with Crippen LogP contribution >= 0.6 is 0 Å². The zero-order valence-electron chi connectivity index (χ0n) is 17.3. The van der Waals surface area contributed by atoms with Gasteiger partial charge in [0.05, 0.1) is 5.52 Å². The lowest BCUT2D eigenvalue weighted by atomic mass is 9.90. The first-order valence-electron chi connectivity index (χ1n) is 10.3. The van der Waals surface area contributed by atoms with Crippen LogP contribution < -0.4 is 10.6 Å². The number of hydrogen-bond donors (Lipinski definition) is 2. The Hall–Kier alpha value is -3.10. The number of aryl methyl sites for hydroxylation is 2. The number of nitrogens with one attached hydrogen (secondary N) is 2. The van der Waals surface area contributed by atoms with Crippen molar-refractivity contribution in [2.45, 2.75) is 50.9 Å². The van der Waals surface area contributed by atoms with Gasteiger partial charge in [-0.05, 0) is 50.8 Å². The SMILES string of the molecule is Cc1cc(C(=O)N[C@H]2CC[C@@H](Nc3cc(C(F)(F)F)nc4ccccc34)CC2)nn1C. The Morgan fingerprint density at radius 3 is 2.42 bits per heavy atom. The first-order valence-corrected chi connectivity index (χ1v) is 10.3. The number of carbonyl (C=O) groups is 1. The summed E-state index contributed by atoms with van der Waals surface area (Å²) in [5.74, 6) is -0.199. The van der Waals surface area contributed by atoms with Gasteiger partial charge in [-0.15, -0.1) is 0 Å². The van der Waals surface area contributed by atoms with Crippen LogP contribution in [0.4, 0.5) is 18.9 Å². The predicted octanol–water partition coefficient (Wildman–Crippen LogP) is 4.45. The molecular formula is C22H24F3N5O. The highest BCUT2D eigenvalue weighted by Crippen LogP contribution is 2.34. The van der Waals surface area contributed by atoms with Crippen LogP contribution in [0.2, 0.25) is 0 Å². The average Bonchev–Trinajstić information content (AvgIpc) is 3.07. The topological polar surface area (TPSA) is 71.8 Å². The molecule has 1 fully saturated rings. The van der Waals surface area contributed by atoms with Gasteiger partial charge >= 0.3 is 6.18 Å². The van der Waals surface area contributed by atoms with Gasteiger partial charge in [-0.3, -0.25) is 9.48 Å². The summed E-state index contributed by atoms with van der Waals surface area (Å²) in [4.78, 5) is 16.2. The van der Waals surface area contributed by atoms with Crippen LogP contribution in [0.3, 0.4) is 0 Å². The van der Waals surface area contributed by atoms with Crippen molar-refractivity contribution >= 4 is 22.5 Å². The molecule has 0 saturated heterocycles. The molecule has 1 aromatic carbocycles. The molecule has 0 spiro atoms. The van der Waals surface area contributed by atoms with Crippen LogP contribution in [0.15, 0.2) is 36.4 Å². The summed E-state index contributed by atoms with van der Waals surface area (Å²) < 4.78 is 41.5. The van der Waals surface area contributed by atoms with Gasteiger partial charge in [-0.25, -0.2) is 4.98 Å². The molecule has 3 aromatic rings. The van der Waals surface area contributed by atoms with Crippen molar-refractivity contribution in [3.05, 3.63) is 53.5 Å². The quantitative estimate of drug-likeness (QED) is 0.640. The predicted molar refractivity (Wildman–Crippen MR) is 112 cm³/mol. The highest BCUT2D eigenvalue weighted by molar-refractivity contribution is 5.93. The van der Waals surface area contributed by atoms with E-state index in [2.05, 4.69) is 20.7 Å². The molecule has 0 bridgehead atoms. The molecule has 0 unspecified atom stereocenters. The number of nitrogens with zero attached hydrogens (tertiary/aromatic N) is 3. The van der Waals surface area contributed by atoms with Gasteiger partial charge in [-0.1, -0.05) is 18.2 Å². The van der Waals surface area contributed by atoms with E-state index in [9.17, 15) is 18.0 Å². The van der Waals surface area contributed by atoms with Crippen molar-refractivity contribution in [1.82, 2.24) is 20.1 Å². The first kappa shape index (κ1) is 21.1. The van der Waals surface area contributed by atoms with Gasteiger partial charge < -0.3 is 10.6 Å². The number of benzene rings is 1. The number of carbonyl (C=O) groups excluding carboxylic acids is 1. The normalized spacial score (nSPS) is 19.4. The van der Waals surface area contributed by atoms with Crippen molar-refractivity contribution in [3.63, 3.8) is 0 Å². The molecule has 1 amide bonds. The van der Waals surface area contributed by atoms with Crippen LogP contribution in [0.1, 0.15) is 47.6 Å². The first-order chi connectivity index (χ1) is 14.7. The maximum atomic E-state index is 13.3. The van der Waals surface area contributed by atoms with Crippen LogP contribution in [-0.2, 0) is 13.2 Å². The fourth-order valence-corrected chi connectivity index (χ4v) is 3.97. The highest BCUT2D eigenvalue weighted by Gasteiger charge is 2.34. The van der Waals surface area contributed by atoms with Gasteiger partial charge in [0.2, 0.25) is 0 Å². The molecule has 6 nitrogen and oxygen atoms in total. The molecule has 9 heteroatoms. The van der Waals surface area contributed by atoms with Gasteiger partial charge in [0, 0.05) is 35.9 Å². The maximum absolute atomic E-state index is 13.3. The number of pyridine rings is 1. The van der Waals surface area contributed by atoms with E-state index in [1.54, 1.807) is 42.1 Å². The summed E-state index contributed by atoms with van der Waals surface area (Å²) >= 11 is 0. The Balaban J connectivity index is 1.42. The second-order valence-electron chi connectivity index (χ2n) is 8.03. The Kier molecular flexibility index (Phi) is 5.60. The zero-order chi connectivity index (χ0) is 22.2. The smallest absolute Gasteiger partial charge is 0.382 e. The Morgan fingerprint density at radius 2 is 1.77 bits per heavy atom. The monoisotopic (exact) mass is 431 g/mol. The zero-order valence-corrected chi connectivity index (χ0v) is 17.3. The molecule has 0 radical (unpaired) electrons. The van der Waals surface area contributed by atoms with Crippen LogP contribution in [0, 0.1) is 6.92 Å². The van der Waals surface area contributed by atoms with Crippen molar-refractivity contribution < 1.29 is 18.0 Å². The maximum Gasteiger partial charge on any atom is 0.433 e. The molecular weight excluding hydrogens is 407 g/mol. The van der Waals surface area contributed by atoms with Crippen molar-refractivity contribution in [2.75, 3.05) is 5.32 Å². The minimum atomic E-state index is -4.51. The van der Waals surface area contributed by atoms with E-state index >= 15 is 0 Å². The number of aromatic nitrogens is 3. The number of halogens is 3. The lowest BCUT2D eigenvalue weighted by Crippen LogP contribution is -2.40. The molecule has 0 atom stereocenters. The molecule has 1 aliphatic carbocycles. The van der Waals surface area contributed by atoms with E-state index in [4.69, 9.17) is 0 Å². The minimum absolute atomic E-state index is 0.0211. The summed E-state index contributed by atoms with van der Waals surface area (Å²) in [5.41, 5.74) is 1.14. The number of alkyl halides is 3. The summed E-state index contributed by atoms with van der Waals surface area (Å²) in [6.45, 7) is 1.88. The minimum Gasteiger partial charge on any atom is -0.382 e. The molecule has 1 aliphatic rings. The second kappa shape index (κ2) is 8.20. The fraction of sp³-hybridized carbons (Fsp3) is 0.409. The van der Waals surface area contributed by atoms with E-state index in [-0.39, 0.29) is 18.0 Å². The molecule has 31 heavy (non-hydrogen) atoms. The highest BCUT2D eigenvalue weighted by atomic mass is 19.4. The molecule has 2 aromatic heterocycles. The van der Waals surface area contributed by atoms with Crippen LogP contribution in [-0.4, -0.2) is 32.8 Å². The third-order valence-corrected chi connectivity index (χ3v) is 5.78. The summed E-state index contributed by atoms with van der Waals surface area (Å²) in [5, 5.41) is 11.2. The molecule has 2 N–H and O–H groups in total. The molecule has 4 rings (SSSR count). The van der Waals surface area contributed by atoms with Crippen LogP contribution in [0.5, 0.6) is 0 Å². The fourth-order valence-electron chi connectivity index (χ4n) is 3.97. The summed E-state index contributed by atoms with van der Waals surface area (Å²) in [6, 6.07) is 9.69. The van der Waals surface area contributed by atoms with Crippen molar-refractivity contribution in [1.29, 1.82) is 0 Å². The van der Waals surface area contributed by atoms with E-state index < -0.39 is 11.9 Å². The lowest BCUT2D eigenvalue weighted by molar-refractivity contribution is -0.140. The number of hydrogen-bond acceptors (Lipinski definition) is 4. The van der Waals surface area contributed by atoms with E-state index in [0.717, 1.165) is 37.4 Å². The largest absolute Gasteiger partial charge is 0.433 e. The average molecular weight is 431 g/mol. The number of amides is 1. The second-order valence-corrected chi connectivity index (χ2v) is 8.03. The number of para-hydroxylation sites is 1. The number of rotatable bonds is 4. The van der Waals surface area contributed by atoms with E-state index in [1.165, 1.54) is 0 Å². The van der Waals surface area contributed by atoms with Crippen molar-refractivity contribution in [3.8, 4) is 0 Å². The van der Waals surface area contributed by atoms with Gasteiger partial charge in [0.1, 0.15) is 11.4 Å². The molecule has 0 aliphatic heterocycles. The standard InChI is InChI=1S/C22H24F3N5O/c1-13-11-19(29-30(13)2)21(31)27-15-9-7-14(8-10-15)26-18-12-20(22(23,24)25)28-17-6-4-3-5-16(17)18/h3-6,11-12,14-15H,7-10H2,1-2H3,(H,26,28)(H,27,31)/t14-,15+. The Morgan fingerprint density at radius 1 is 1.10 bits per heavy atom. The molecule has 1 saturated carbocycles. The van der Waals surface area contributed by atoms with E-state index in [0.29, 0.717) is 22.3 Å². The lowest BCUT2D eigenvalue weighted by Gasteiger charge is -2.30. The van der Waals surface area contributed by atoms with Gasteiger partial charge in [0.25, 0.3) is 5.91 Å². The van der Waals surface area contributed by atoms with Crippen LogP contribution in [0.25, 0.3) is 10.9 Å². The molecule has 2 heterocycles. The number of anilines is 1. The summed E-state index contributed by atoms with van der Waals surface area (Å²) in [6.07, 6.45) is -1.55. The van der Waals surface area contributed by atoms with E-state index in [1.807, 2.05) is 6.92 Å².